The summed E-state index contributed by atoms with van der Waals surface area (Å²) in [6.07, 6.45) is 0.847. The summed E-state index contributed by atoms with van der Waals surface area (Å²) in [5, 5.41) is 0.800. The molecule has 5 nitrogen and oxygen atoms in total. The average molecular weight is 344 g/mol. The average Bonchev–Trinajstić information content (AvgIpc) is 3.05. The van der Waals surface area contributed by atoms with Gasteiger partial charge in [-0.15, -0.1) is 12.4 Å². The van der Waals surface area contributed by atoms with E-state index in [9.17, 15) is 8.42 Å². The van der Waals surface area contributed by atoms with Crippen molar-refractivity contribution in [1.82, 2.24) is 8.87 Å². The van der Waals surface area contributed by atoms with Crippen LogP contribution in [0.15, 0.2) is 29.2 Å². The van der Waals surface area contributed by atoms with E-state index in [2.05, 4.69) is 0 Å². The van der Waals surface area contributed by atoms with Gasteiger partial charge in [0.15, 0.2) is 0 Å². The Morgan fingerprint density at radius 2 is 2.00 bits per heavy atom. The number of fused-ring (bicyclic) bond motifs is 1. The molecule has 0 radical (unpaired) electrons. The van der Waals surface area contributed by atoms with E-state index >= 15 is 0 Å². The van der Waals surface area contributed by atoms with Gasteiger partial charge in [-0.1, -0.05) is 18.2 Å². The Morgan fingerprint density at radius 1 is 1.32 bits per heavy atom. The van der Waals surface area contributed by atoms with Gasteiger partial charge in [-0.3, -0.25) is 0 Å². The molecule has 122 valence electrons. The van der Waals surface area contributed by atoms with Gasteiger partial charge < -0.3 is 10.3 Å². The third-order valence-corrected chi connectivity index (χ3v) is 6.56. The van der Waals surface area contributed by atoms with Crippen molar-refractivity contribution in [3.05, 3.63) is 30.0 Å². The third kappa shape index (κ3) is 2.54. The molecule has 0 bridgehead atoms. The van der Waals surface area contributed by atoms with Crippen molar-refractivity contribution in [3.63, 3.8) is 0 Å². The van der Waals surface area contributed by atoms with Crippen molar-refractivity contribution >= 4 is 33.3 Å². The van der Waals surface area contributed by atoms with E-state index in [0.29, 0.717) is 24.5 Å². The van der Waals surface area contributed by atoms with E-state index in [0.717, 1.165) is 23.0 Å². The molecule has 2 aromatic rings. The van der Waals surface area contributed by atoms with Crippen molar-refractivity contribution in [3.8, 4) is 0 Å². The number of rotatable bonds is 3. The fourth-order valence-electron chi connectivity index (χ4n) is 3.15. The standard InChI is InChI=1S/C15H21N3O2S.ClH/c1-11-15(13-5-3-4-6-14(13)17(11)2)21(19,20)18-8-7-12(9-16)10-18;/h3-6,12H,7-10,16H2,1-2H3;1H. The molecule has 7 heteroatoms. The Bertz CT molecular complexity index is 785. The monoisotopic (exact) mass is 343 g/mol. The highest BCUT2D eigenvalue weighted by molar-refractivity contribution is 7.89. The summed E-state index contributed by atoms with van der Waals surface area (Å²) in [6.45, 7) is 3.50. The number of nitrogens with zero attached hydrogens (tertiary/aromatic N) is 2. The molecule has 1 unspecified atom stereocenters. The number of aromatic nitrogens is 1. The molecule has 1 atom stereocenters. The molecule has 1 aliphatic heterocycles. The first kappa shape index (κ1) is 17.3. The Hall–Kier alpha value is -1.08. The van der Waals surface area contributed by atoms with E-state index < -0.39 is 10.0 Å². The van der Waals surface area contributed by atoms with Crippen LogP contribution in [0.3, 0.4) is 0 Å². The van der Waals surface area contributed by atoms with Gasteiger partial charge in [0.05, 0.1) is 0 Å². The highest BCUT2D eigenvalue weighted by Gasteiger charge is 2.35. The van der Waals surface area contributed by atoms with Crippen molar-refractivity contribution in [2.24, 2.45) is 18.7 Å². The number of hydrogen-bond donors (Lipinski definition) is 1. The minimum atomic E-state index is -3.46. The zero-order valence-corrected chi connectivity index (χ0v) is 14.5. The molecule has 3 rings (SSSR count). The lowest BCUT2D eigenvalue weighted by Crippen LogP contribution is -2.30. The lowest BCUT2D eigenvalue weighted by atomic mass is 10.1. The Morgan fingerprint density at radius 3 is 2.64 bits per heavy atom. The lowest BCUT2D eigenvalue weighted by molar-refractivity contribution is 0.459. The Labute approximate surface area is 137 Å². The van der Waals surface area contributed by atoms with Gasteiger partial charge in [0.2, 0.25) is 10.0 Å². The maximum atomic E-state index is 13.0. The molecule has 22 heavy (non-hydrogen) atoms. The van der Waals surface area contributed by atoms with Gasteiger partial charge >= 0.3 is 0 Å². The van der Waals surface area contributed by atoms with Crippen LogP contribution in [0.2, 0.25) is 0 Å². The van der Waals surface area contributed by atoms with Crippen LogP contribution in [0.5, 0.6) is 0 Å². The van der Waals surface area contributed by atoms with Gasteiger partial charge in [-0.2, -0.15) is 4.31 Å². The second kappa shape index (κ2) is 6.20. The summed E-state index contributed by atoms with van der Waals surface area (Å²) < 4.78 is 29.6. The van der Waals surface area contributed by atoms with Gasteiger partial charge in [0, 0.05) is 36.7 Å². The minimum absolute atomic E-state index is 0. The molecule has 1 aliphatic rings. The minimum Gasteiger partial charge on any atom is -0.347 e. The molecule has 2 N–H and O–H groups in total. The molecule has 2 heterocycles. The third-order valence-electron chi connectivity index (χ3n) is 4.52. The maximum Gasteiger partial charge on any atom is 0.245 e. The number of benzene rings is 1. The number of halogens is 1. The van der Waals surface area contributed by atoms with Crippen molar-refractivity contribution < 1.29 is 8.42 Å². The summed E-state index contributed by atoms with van der Waals surface area (Å²) in [5.41, 5.74) is 7.41. The van der Waals surface area contributed by atoms with E-state index in [1.54, 1.807) is 4.31 Å². The number of hydrogen-bond acceptors (Lipinski definition) is 3. The van der Waals surface area contributed by atoms with Gasteiger partial charge in [0.25, 0.3) is 0 Å². The summed E-state index contributed by atoms with van der Waals surface area (Å²) in [6, 6.07) is 7.64. The zero-order chi connectivity index (χ0) is 15.2. The first-order chi connectivity index (χ1) is 9.96. The smallest absolute Gasteiger partial charge is 0.245 e. The molecule has 1 saturated heterocycles. The number of nitrogens with two attached hydrogens (primary N) is 1. The van der Waals surface area contributed by atoms with Crippen molar-refractivity contribution in [2.75, 3.05) is 19.6 Å². The summed E-state index contributed by atoms with van der Waals surface area (Å²) in [5.74, 6) is 0.273. The van der Waals surface area contributed by atoms with Crippen LogP contribution in [0.25, 0.3) is 10.9 Å². The van der Waals surface area contributed by atoms with Crippen LogP contribution >= 0.6 is 12.4 Å². The van der Waals surface area contributed by atoms with Gasteiger partial charge in [-0.25, -0.2) is 8.42 Å². The van der Waals surface area contributed by atoms with Gasteiger partial charge in [-0.05, 0) is 31.9 Å². The molecule has 1 aromatic heterocycles. The fraction of sp³-hybridized carbons (Fsp3) is 0.467. The summed E-state index contributed by atoms with van der Waals surface area (Å²) >= 11 is 0. The summed E-state index contributed by atoms with van der Waals surface area (Å²) in [7, 11) is -1.56. The molecular weight excluding hydrogens is 322 g/mol. The van der Waals surface area contributed by atoms with Crippen LogP contribution in [0.1, 0.15) is 12.1 Å². The number of aryl methyl sites for hydroxylation is 1. The topological polar surface area (TPSA) is 68.3 Å². The molecule has 0 amide bonds. The predicted octanol–water partition coefficient (Wildman–Crippen LogP) is 1.88. The van der Waals surface area contributed by atoms with Crippen molar-refractivity contribution in [2.45, 2.75) is 18.2 Å². The lowest BCUT2D eigenvalue weighted by Gasteiger charge is -2.16. The van der Waals surface area contributed by atoms with E-state index in [1.165, 1.54) is 0 Å². The van der Waals surface area contributed by atoms with Crippen LogP contribution < -0.4 is 5.73 Å². The molecule has 0 spiro atoms. The van der Waals surface area contributed by atoms with E-state index in [-0.39, 0.29) is 18.3 Å². The SMILES string of the molecule is Cc1c(S(=O)(=O)N2CCC(CN)C2)c2ccccc2n1C.Cl. The fourth-order valence-corrected chi connectivity index (χ4v) is 5.12. The van der Waals surface area contributed by atoms with Crippen LogP contribution in [0.4, 0.5) is 0 Å². The quantitative estimate of drug-likeness (QED) is 0.925. The molecule has 1 aromatic carbocycles. The van der Waals surface area contributed by atoms with Crippen molar-refractivity contribution in [1.29, 1.82) is 0 Å². The second-order valence-corrected chi connectivity index (χ2v) is 7.62. The predicted molar refractivity (Wildman–Crippen MR) is 90.8 cm³/mol. The molecule has 0 aliphatic carbocycles. The van der Waals surface area contributed by atoms with Crippen LogP contribution in [-0.4, -0.2) is 36.9 Å². The number of sulfonamides is 1. The highest BCUT2D eigenvalue weighted by Crippen LogP contribution is 2.33. The molecule has 0 saturated carbocycles. The second-order valence-electron chi connectivity index (χ2n) is 5.74. The maximum absolute atomic E-state index is 13.0. The molecular formula is C15H22ClN3O2S. The van der Waals surface area contributed by atoms with E-state index in [4.69, 9.17) is 5.73 Å². The first-order valence-corrected chi connectivity index (χ1v) is 8.65. The Balaban J connectivity index is 0.00000176. The molecule has 1 fully saturated rings. The van der Waals surface area contributed by atoms with Gasteiger partial charge in [0.1, 0.15) is 4.90 Å². The van der Waals surface area contributed by atoms with Crippen LogP contribution in [0, 0.1) is 12.8 Å². The normalized spacial score (nSPS) is 19.5. The highest BCUT2D eigenvalue weighted by atomic mass is 35.5. The number of para-hydroxylation sites is 1. The zero-order valence-electron chi connectivity index (χ0n) is 12.8. The Kier molecular flexibility index (Phi) is 4.87. The first-order valence-electron chi connectivity index (χ1n) is 7.21. The van der Waals surface area contributed by atoms with Crippen LogP contribution in [-0.2, 0) is 17.1 Å². The largest absolute Gasteiger partial charge is 0.347 e. The summed E-state index contributed by atoms with van der Waals surface area (Å²) in [4.78, 5) is 0.443. The van der Waals surface area contributed by atoms with E-state index in [1.807, 2.05) is 42.8 Å².